The summed E-state index contributed by atoms with van der Waals surface area (Å²) in [7, 11) is 2.14. The van der Waals surface area contributed by atoms with Crippen LogP contribution in [0.3, 0.4) is 0 Å². The minimum atomic E-state index is -0.133. The van der Waals surface area contributed by atoms with Crippen LogP contribution in [0.15, 0.2) is 23.0 Å². The minimum Gasteiger partial charge on any atom is -0.493 e. The number of nitrogens with one attached hydrogen (secondary N) is 2. The Bertz CT molecular complexity index is 986. The Morgan fingerprint density at radius 3 is 2.75 bits per heavy atom. The number of nitrogens with zero attached hydrogens (tertiary/aromatic N) is 2. The Balaban J connectivity index is 1.86. The zero-order valence-corrected chi connectivity index (χ0v) is 19.8. The third-order valence-electron chi connectivity index (χ3n) is 6.18. The van der Waals surface area contributed by atoms with Crippen molar-refractivity contribution in [3.05, 3.63) is 45.4 Å². The van der Waals surface area contributed by atoms with Gasteiger partial charge in [-0.2, -0.15) is 0 Å². The fourth-order valence-electron chi connectivity index (χ4n) is 4.32. The molecular formula is C25H36N4O3. The molecule has 0 spiro atoms. The molecule has 2 N–H and O–H groups in total. The van der Waals surface area contributed by atoms with Crippen molar-refractivity contribution in [3.63, 3.8) is 0 Å². The monoisotopic (exact) mass is 440 g/mol. The number of H-pyrrole nitrogens is 1. The van der Waals surface area contributed by atoms with E-state index in [4.69, 9.17) is 9.72 Å². The van der Waals surface area contributed by atoms with E-state index in [9.17, 15) is 9.59 Å². The largest absolute Gasteiger partial charge is 0.493 e. The van der Waals surface area contributed by atoms with Gasteiger partial charge in [-0.25, -0.2) is 4.98 Å². The van der Waals surface area contributed by atoms with Gasteiger partial charge >= 0.3 is 0 Å². The van der Waals surface area contributed by atoms with E-state index >= 15 is 0 Å². The minimum absolute atomic E-state index is 0.128. The lowest BCUT2D eigenvalue weighted by Gasteiger charge is -2.19. The Kier molecular flexibility index (Phi) is 8.45. The lowest BCUT2D eigenvalue weighted by atomic mass is 10.1. The van der Waals surface area contributed by atoms with Crippen LogP contribution < -0.4 is 15.6 Å². The molecule has 1 atom stereocenters. The average Bonchev–Trinajstić information content (AvgIpc) is 3.21. The Morgan fingerprint density at radius 2 is 2.09 bits per heavy atom. The molecule has 0 bridgehead atoms. The van der Waals surface area contributed by atoms with E-state index < -0.39 is 0 Å². The number of aryl methyl sites for hydroxylation is 1. The summed E-state index contributed by atoms with van der Waals surface area (Å²) in [5.41, 5.74) is 2.52. The normalized spacial score (nSPS) is 16.3. The highest BCUT2D eigenvalue weighted by atomic mass is 16.5. The van der Waals surface area contributed by atoms with Crippen LogP contribution in [0.2, 0.25) is 0 Å². The van der Waals surface area contributed by atoms with Crippen LogP contribution in [0.25, 0.3) is 11.4 Å². The van der Waals surface area contributed by atoms with Crippen molar-refractivity contribution in [3.8, 4) is 17.1 Å². The van der Waals surface area contributed by atoms with Crippen LogP contribution in [0.4, 0.5) is 0 Å². The van der Waals surface area contributed by atoms with Gasteiger partial charge in [-0.15, -0.1) is 0 Å². The number of aromatic nitrogens is 2. The van der Waals surface area contributed by atoms with Gasteiger partial charge in [0.1, 0.15) is 11.6 Å². The van der Waals surface area contributed by atoms with Gasteiger partial charge < -0.3 is 19.9 Å². The zero-order chi connectivity index (χ0) is 23.1. The van der Waals surface area contributed by atoms with Crippen molar-refractivity contribution in [2.75, 3.05) is 26.7 Å². The van der Waals surface area contributed by atoms with Gasteiger partial charge in [-0.05, 0) is 70.3 Å². The average molecular weight is 441 g/mol. The Hall–Kier alpha value is -2.67. The van der Waals surface area contributed by atoms with Gasteiger partial charge in [0.05, 0.1) is 17.9 Å². The third kappa shape index (κ3) is 5.57. The molecule has 2 heterocycles. The summed E-state index contributed by atoms with van der Waals surface area (Å²) in [5.74, 6) is 0.931. The quantitative estimate of drug-likeness (QED) is 0.590. The SMILES string of the molecule is CCCOc1ccc(C(=O)NCCC2CCCN2C)cc1-c1nc(CC)c(CC)c(=O)[nH]1. The van der Waals surface area contributed by atoms with E-state index in [2.05, 4.69) is 22.2 Å². The zero-order valence-electron chi connectivity index (χ0n) is 19.8. The summed E-state index contributed by atoms with van der Waals surface area (Å²) >= 11 is 0. The summed E-state index contributed by atoms with van der Waals surface area (Å²) in [6.07, 6.45) is 5.51. The fraction of sp³-hybridized carbons (Fsp3) is 0.560. The van der Waals surface area contributed by atoms with Crippen molar-refractivity contribution < 1.29 is 9.53 Å². The predicted molar refractivity (Wildman–Crippen MR) is 127 cm³/mol. The van der Waals surface area contributed by atoms with E-state index in [1.165, 1.54) is 12.8 Å². The molecular weight excluding hydrogens is 404 g/mol. The van der Waals surface area contributed by atoms with Crippen LogP contribution in [-0.4, -0.2) is 53.6 Å². The summed E-state index contributed by atoms with van der Waals surface area (Å²) < 4.78 is 5.91. The molecule has 0 saturated carbocycles. The second-order valence-corrected chi connectivity index (χ2v) is 8.43. The summed E-state index contributed by atoms with van der Waals surface area (Å²) in [4.78, 5) is 35.5. The van der Waals surface area contributed by atoms with Crippen molar-refractivity contribution in [1.29, 1.82) is 0 Å². The number of benzene rings is 1. The molecule has 1 amide bonds. The van der Waals surface area contributed by atoms with E-state index in [0.717, 1.165) is 25.1 Å². The summed E-state index contributed by atoms with van der Waals surface area (Å²) in [5, 5.41) is 3.04. The maximum Gasteiger partial charge on any atom is 0.254 e. The topological polar surface area (TPSA) is 87.3 Å². The number of hydrogen-bond acceptors (Lipinski definition) is 5. The van der Waals surface area contributed by atoms with E-state index in [1.54, 1.807) is 18.2 Å². The number of likely N-dealkylation sites (tertiary alicyclic amines) is 1. The highest BCUT2D eigenvalue weighted by Crippen LogP contribution is 2.29. The van der Waals surface area contributed by atoms with E-state index in [0.29, 0.717) is 60.3 Å². The molecule has 2 aromatic rings. The standard InChI is InChI=1S/C25H36N4O3/c1-5-15-32-22-11-10-17(24(30)26-13-12-18-9-8-14-29(18)4)16-20(22)23-27-21(7-3)19(6-2)25(31)28-23/h10-11,16,18H,5-9,12-15H2,1-4H3,(H,26,30)(H,27,28,31). The summed E-state index contributed by atoms with van der Waals surface area (Å²) in [6.45, 7) is 8.29. The third-order valence-corrected chi connectivity index (χ3v) is 6.18. The first kappa shape index (κ1) is 24.0. The smallest absolute Gasteiger partial charge is 0.254 e. The van der Waals surface area contributed by atoms with Gasteiger partial charge in [0, 0.05) is 23.7 Å². The molecule has 174 valence electrons. The second-order valence-electron chi connectivity index (χ2n) is 8.43. The molecule has 3 rings (SSSR count). The molecule has 7 heteroatoms. The van der Waals surface area contributed by atoms with Crippen molar-refractivity contribution in [2.45, 2.75) is 65.3 Å². The molecule has 1 saturated heterocycles. The van der Waals surface area contributed by atoms with Gasteiger partial charge in [-0.1, -0.05) is 20.8 Å². The number of rotatable bonds is 10. The van der Waals surface area contributed by atoms with Crippen LogP contribution in [0, 0.1) is 0 Å². The number of ether oxygens (including phenoxy) is 1. The first-order valence-electron chi connectivity index (χ1n) is 11.9. The van der Waals surface area contributed by atoms with Gasteiger partial charge in [0.15, 0.2) is 0 Å². The lowest BCUT2D eigenvalue weighted by Crippen LogP contribution is -2.31. The molecule has 0 aliphatic carbocycles. The van der Waals surface area contributed by atoms with Crippen LogP contribution in [-0.2, 0) is 12.8 Å². The molecule has 32 heavy (non-hydrogen) atoms. The van der Waals surface area contributed by atoms with Crippen LogP contribution in [0.5, 0.6) is 5.75 Å². The number of aromatic amines is 1. The van der Waals surface area contributed by atoms with E-state index in [-0.39, 0.29) is 11.5 Å². The van der Waals surface area contributed by atoms with Gasteiger partial charge in [0.25, 0.3) is 11.5 Å². The first-order chi connectivity index (χ1) is 15.5. The molecule has 1 aromatic carbocycles. The molecule has 7 nitrogen and oxygen atoms in total. The van der Waals surface area contributed by atoms with Crippen LogP contribution >= 0.6 is 0 Å². The second kappa shape index (κ2) is 11.3. The molecule has 1 aromatic heterocycles. The summed E-state index contributed by atoms with van der Waals surface area (Å²) in [6, 6.07) is 5.87. The highest BCUT2D eigenvalue weighted by molar-refractivity contribution is 5.95. The van der Waals surface area contributed by atoms with Crippen molar-refractivity contribution in [1.82, 2.24) is 20.2 Å². The van der Waals surface area contributed by atoms with Crippen molar-refractivity contribution in [2.24, 2.45) is 0 Å². The molecule has 1 aliphatic heterocycles. The van der Waals surface area contributed by atoms with Gasteiger partial charge in [0.2, 0.25) is 0 Å². The molecule has 1 aliphatic rings. The lowest BCUT2D eigenvalue weighted by molar-refractivity contribution is 0.0950. The predicted octanol–water partition coefficient (Wildman–Crippen LogP) is 3.56. The molecule has 1 fully saturated rings. The number of hydrogen-bond donors (Lipinski definition) is 2. The maximum absolute atomic E-state index is 12.8. The molecule has 1 unspecified atom stereocenters. The first-order valence-corrected chi connectivity index (χ1v) is 11.9. The number of carbonyl (C=O) groups excluding carboxylic acids is 1. The molecule has 0 radical (unpaired) electrons. The number of carbonyl (C=O) groups is 1. The van der Waals surface area contributed by atoms with E-state index in [1.807, 2.05) is 20.8 Å². The van der Waals surface area contributed by atoms with Crippen LogP contribution in [0.1, 0.15) is 68.1 Å². The maximum atomic E-state index is 12.8. The van der Waals surface area contributed by atoms with Crippen molar-refractivity contribution >= 4 is 5.91 Å². The Labute approximate surface area is 190 Å². The highest BCUT2D eigenvalue weighted by Gasteiger charge is 2.21. The fourth-order valence-corrected chi connectivity index (χ4v) is 4.32. The Morgan fingerprint density at radius 1 is 1.28 bits per heavy atom. The van der Waals surface area contributed by atoms with Gasteiger partial charge in [-0.3, -0.25) is 9.59 Å². The number of amides is 1.